The zero-order valence-corrected chi connectivity index (χ0v) is 10.1. The zero-order chi connectivity index (χ0) is 13.0. The Labute approximate surface area is 104 Å². The Morgan fingerprint density at radius 3 is 3.22 bits per heavy atom. The van der Waals surface area contributed by atoms with Crippen molar-refractivity contribution in [3.8, 4) is 0 Å². The molecule has 2 heterocycles. The van der Waals surface area contributed by atoms with Crippen molar-refractivity contribution < 1.29 is 9.53 Å². The minimum absolute atomic E-state index is 0.100. The van der Waals surface area contributed by atoms with Gasteiger partial charge in [-0.2, -0.15) is 0 Å². The van der Waals surface area contributed by atoms with Gasteiger partial charge in [0.1, 0.15) is 12.1 Å². The first-order valence-electron chi connectivity index (χ1n) is 5.54. The monoisotopic (exact) mass is 249 g/mol. The number of carbonyl (C=O) groups excluding carboxylic acids is 1. The van der Waals surface area contributed by atoms with Gasteiger partial charge in [0.25, 0.3) is 0 Å². The summed E-state index contributed by atoms with van der Waals surface area (Å²) in [5.74, 6) is 0.134. The maximum absolute atomic E-state index is 11.7. The summed E-state index contributed by atoms with van der Waals surface area (Å²) in [6, 6.07) is 3.58. The highest BCUT2D eigenvalue weighted by molar-refractivity contribution is 5.80. The summed E-state index contributed by atoms with van der Waals surface area (Å²) in [6.45, 7) is 1.04. The fourth-order valence-electron chi connectivity index (χ4n) is 1.62. The summed E-state index contributed by atoms with van der Waals surface area (Å²) in [6.07, 6.45) is 1.64. The van der Waals surface area contributed by atoms with Gasteiger partial charge in [0, 0.05) is 19.9 Å². The standard InChI is InChI=1S/C11H15N5O2/c1-18-6-5-13-9(17)7-16-10-8(15-11(16)12)3-2-4-14-10/h2-4H,5-7H2,1H3,(H2,12,15)(H,13,17). The van der Waals surface area contributed by atoms with E-state index in [1.54, 1.807) is 30.0 Å². The number of hydrogen-bond donors (Lipinski definition) is 2. The van der Waals surface area contributed by atoms with Gasteiger partial charge in [-0.25, -0.2) is 9.97 Å². The second-order valence-corrected chi connectivity index (χ2v) is 3.75. The van der Waals surface area contributed by atoms with Gasteiger partial charge in [-0.3, -0.25) is 9.36 Å². The molecule has 0 aliphatic heterocycles. The molecule has 96 valence electrons. The van der Waals surface area contributed by atoms with Gasteiger partial charge >= 0.3 is 0 Å². The Kier molecular flexibility index (Phi) is 3.73. The van der Waals surface area contributed by atoms with Crippen LogP contribution in [0.5, 0.6) is 0 Å². The summed E-state index contributed by atoms with van der Waals surface area (Å²) in [5, 5.41) is 2.72. The van der Waals surface area contributed by atoms with Gasteiger partial charge in [-0.1, -0.05) is 0 Å². The first-order valence-corrected chi connectivity index (χ1v) is 5.54. The van der Waals surface area contributed by atoms with Crippen LogP contribution in [0.25, 0.3) is 11.2 Å². The molecule has 0 spiro atoms. The number of nitrogen functional groups attached to an aromatic ring is 1. The molecule has 0 bridgehead atoms. The number of amides is 1. The molecule has 2 rings (SSSR count). The lowest BCUT2D eigenvalue weighted by molar-refractivity contribution is -0.121. The van der Waals surface area contributed by atoms with Gasteiger partial charge in [0.2, 0.25) is 11.9 Å². The smallest absolute Gasteiger partial charge is 0.240 e. The summed E-state index contributed by atoms with van der Waals surface area (Å²) >= 11 is 0. The van der Waals surface area contributed by atoms with Gasteiger partial charge in [-0.05, 0) is 12.1 Å². The van der Waals surface area contributed by atoms with E-state index in [1.165, 1.54) is 0 Å². The number of rotatable bonds is 5. The number of methoxy groups -OCH3 is 1. The van der Waals surface area contributed by atoms with E-state index in [-0.39, 0.29) is 18.4 Å². The minimum Gasteiger partial charge on any atom is -0.383 e. The Hall–Kier alpha value is -2.15. The van der Waals surface area contributed by atoms with E-state index >= 15 is 0 Å². The Morgan fingerprint density at radius 1 is 1.61 bits per heavy atom. The summed E-state index contributed by atoms with van der Waals surface area (Å²) in [7, 11) is 1.58. The number of nitrogens with two attached hydrogens (primary N) is 1. The van der Waals surface area contributed by atoms with E-state index in [1.807, 2.05) is 0 Å². The second kappa shape index (κ2) is 5.46. The van der Waals surface area contributed by atoms with Crippen molar-refractivity contribution >= 4 is 23.0 Å². The van der Waals surface area contributed by atoms with Crippen LogP contribution in [0.4, 0.5) is 5.95 Å². The number of fused-ring (bicyclic) bond motifs is 1. The quantitative estimate of drug-likeness (QED) is 0.714. The third-order valence-corrected chi connectivity index (χ3v) is 2.46. The second-order valence-electron chi connectivity index (χ2n) is 3.75. The van der Waals surface area contributed by atoms with Crippen LogP contribution < -0.4 is 11.1 Å². The molecule has 2 aromatic rings. The van der Waals surface area contributed by atoms with Crippen molar-refractivity contribution in [2.75, 3.05) is 26.0 Å². The molecule has 0 fully saturated rings. The molecule has 0 aliphatic rings. The lowest BCUT2D eigenvalue weighted by atomic mass is 10.4. The van der Waals surface area contributed by atoms with Crippen molar-refractivity contribution in [1.29, 1.82) is 0 Å². The average Bonchev–Trinajstić information content (AvgIpc) is 2.67. The summed E-state index contributed by atoms with van der Waals surface area (Å²) < 4.78 is 6.43. The van der Waals surface area contributed by atoms with E-state index in [9.17, 15) is 4.79 Å². The van der Waals surface area contributed by atoms with E-state index in [2.05, 4.69) is 15.3 Å². The van der Waals surface area contributed by atoms with Crippen LogP contribution in [0.2, 0.25) is 0 Å². The molecule has 1 amide bonds. The number of ether oxygens (including phenoxy) is 1. The number of nitrogens with one attached hydrogen (secondary N) is 1. The predicted molar refractivity (Wildman–Crippen MR) is 66.8 cm³/mol. The fraction of sp³-hybridized carbons (Fsp3) is 0.364. The Balaban J connectivity index is 2.11. The molecule has 7 heteroatoms. The maximum atomic E-state index is 11.7. The molecule has 3 N–H and O–H groups in total. The number of carbonyl (C=O) groups is 1. The summed E-state index contributed by atoms with van der Waals surface area (Å²) in [5.41, 5.74) is 7.05. The molecule has 18 heavy (non-hydrogen) atoms. The first-order chi connectivity index (χ1) is 8.72. The van der Waals surface area contributed by atoms with E-state index < -0.39 is 0 Å². The number of nitrogens with zero attached hydrogens (tertiary/aromatic N) is 3. The van der Waals surface area contributed by atoms with Gasteiger partial charge in [0.15, 0.2) is 5.65 Å². The molecule has 0 atom stereocenters. The van der Waals surface area contributed by atoms with Crippen molar-refractivity contribution in [2.24, 2.45) is 0 Å². The number of hydrogen-bond acceptors (Lipinski definition) is 5. The Bertz CT molecular complexity index is 551. The van der Waals surface area contributed by atoms with E-state index in [4.69, 9.17) is 10.5 Å². The van der Waals surface area contributed by atoms with Crippen molar-refractivity contribution in [2.45, 2.75) is 6.54 Å². The number of imidazole rings is 1. The van der Waals surface area contributed by atoms with Crippen LogP contribution in [-0.2, 0) is 16.1 Å². The number of pyridine rings is 1. The summed E-state index contributed by atoms with van der Waals surface area (Å²) in [4.78, 5) is 20.0. The highest BCUT2D eigenvalue weighted by Gasteiger charge is 2.11. The molecule has 0 radical (unpaired) electrons. The largest absolute Gasteiger partial charge is 0.383 e. The maximum Gasteiger partial charge on any atom is 0.240 e. The van der Waals surface area contributed by atoms with Crippen LogP contribution >= 0.6 is 0 Å². The van der Waals surface area contributed by atoms with Crippen LogP contribution in [0.1, 0.15) is 0 Å². The fourth-order valence-corrected chi connectivity index (χ4v) is 1.62. The topological polar surface area (TPSA) is 95.1 Å². The van der Waals surface area contributed by atoms with Crippen LogP contribution in [0.15, 0.2) is 18.3 Å². The van der Waals surface area contributed by atoms with Crippen LogP contribution in [0.3, 0.4) is 0 Å². The van der Waals surface area contributed by atoms with Crippen molar-refractivity contribution in [3.05, 3.63) is 18.3 Å². The van der Waals surface area contributed by atoms with Gasteiger partial charge in [-0.15, -0.1) is 0 Å². The van der Waals surface area contributed by atoms with E-state index in [0.717, 1.165) is 0 Å². The molecule has 0 aromatic carbocycles. The highest BCUT2D eigenvalue weighted by Crippen LogP contribution is 2.14. The van der Waals surface area contributed by atoms with Crippen LogP contribution in [0, 0.1) is 0 Å². The third kappa shape index (κ3) is 2.57. The van der Waals surface area contributed by atoms with Crippen molar-refractivity contribution in [3.63, 3.8) is 0 Å². The first kappa shape index (κ1) is 12.3. The highest BCUT2D eigenvalue weighted by atomic mass is 16.5. The minimum atomic E-state index is -0.149. The van der Waals surface area contributed by atoms with Gasteiger partial charge in [0.05, 0.1) is 6.61 Å². The molecule has 0 saturated heterocycles. The lowest BCUT2D eigenvalue weighted by Crippen LogP contribution is -2.30. The number of anilines is 1. The molecule has 2 aromatic heterocycles. The third-order valence-electron chi connectivity index (χ3n) is 2.46. The molecular formula is C11H15N5O2. The molecule has 0 unspecified atom stereocenters. The zero-order valence-electron chi connectivity index (χ0n) is 10.1. The van der Waals surface area contributed by atoms with E-state index in [0.29, 0.717) is 24.3 Å². The SMILES string of the molecule is COCCNC(=O)Cn1c(N)nc2cccnc21. The van der Waals surface area contributed by atoms with Crippen molar-refractivity contribution in [1.82, 2.24) is 19.9 Å². The number of aromatic nitrogens is 3. The Morgan fingerprint density at radius 2 is 2.44 bits per heavy atom. The van der Waals surface area contributed by atoms with Crippen LogP contribution in [-0.4, -0.2) is 40.7 Å². The molecular weight excluding hydrogens is 234 g/mol. The normalized spacial score (nSPS) is 10.7. The van der Waals surface area contributed by atoms with Gasteiger partial charge < -0.3 is 15.8 Å². The molecule has 0 aliphatic carbocycles. The molecule has 7 nitrogen and oxygen atoms in total. The molecule has 0 saturated carbocycles. The lowest BCUT2D eigenvalue weighted by Gasteiger charge is -2.06. The average molecular weight is 249 g/mol. The predicted octanol–water partition coefficient (Wildman–Crippen LogP) is -0.224.